The van der Waals surface area contributed by atoms with Gasteiger partial charge in [0.25, 0.3) is 0 Å². The summed E-state index contributed by atoms with van der Waals surface area (Å²) >= 11 is 3.65. The lowest BCUT2D eigenvalue weighted by atomic mass is 10.0. The summed E-state index contributed by atoms with van der Waals surface area (Å²) in [6, 6.07) is 59.6. The van der Waals surface area contributed by atoms with Gasteiger partial charge in [0.15, 0.2) is 8.32 Å². The topological polar surface area (TPSA) is 166 Å². The molecule has 1 aliphatic rings. The monoisotopic (exact) mass is 1230 g/mol. The number of nitrogens with zero attached hydrogens (tertiary/aromatic N) is 2. The van der Waals surface area contributed by atoms with Gasteiger partial charge < -0.3 is 34.3 Å². The zero-order valence-corrected chi connectivity index (χ0v) is 51.9. The Morgan fingerprint density at radius 1 is 0.631 bits per heavy atom. The first-order valence-electron chi connectivity index (χ1n) is 28.7. The number of sulfonamides is 1. The van der Waals surface area contributed by atoms with Gasteiger partial charge in [0.05, 0.1) is 28.1 Å². The van der Waals surface area contributed by atoms with Crippen molar-refractivity contribution < 1.29 is 27.4 Å². The summed E-state index contributed by atoms with van der Waals surface area (Å²) in [5.41, 5.74) is 8.61. The predicted molar refractivity (Wildman–Crippen MR) is 345 cm³/mol. The number of aromatic nitrogens is 2. The van der Waals surface area contributed by atoms with E-state index in [1.54, 1.807) is 34.6 Å². The Morgan fingerprint density at radius 3 is 1.71 bits per heavy atom. The molecule has 0 bridgehead atoms. The Morgan fingerprint density at radius 2 is 1.17 bits per heavy atom. The number of H-pyrrole nitrogens is 2. The first kappa shape index (κ1) is 61.4. The van der Waals surface area contributed by atoms with Crippen molar-refractivity contribution in [3.63, 3.8) is 0 Å². The molecule has 0 aliphatic carbocycles. The Kier molecular flexibility index (Phi) is 20.6. The number of fused-ring (bicyclic) bond motifs is 2. The van der Waals surface area contributed by atoms with Gasteiger partial charge in [-0.3, -0.25) is 14.5 Å². The number of halogens is 1. The normalized spacial score (nSPS) is 14.0. The highest BCUT2D eigenvalue weighted by Gasteiger charge is 2.39. The van der Waals surface area contributed by atoms with E-state index < -0.39 is 24.4 Å². The molecule has 0 amide bonds. The van der Waals surface area contributed by atoms with Gasteiger partial charge >= 0.3 is 0 Å². The maximum absolute atomic E-state index is 13.2. The molecule has 2 aromatic heterocycles. The van der Waals surface area contributed by atoms with Crippen LogP contribution < -0.4 is 25.9 Å². The second-order valence-corrected chi connectivity index (χ2v) is 30.2. The highest BCUT2D eigenvalue weighted by molar-refractivity contribution is 9.09. The fourth-order valence-electron chi connectivity index (χ4n) is 10.1. The molecule has 438 valence electrons. The van der Waals surface area contributed by atoms with Crippen molar-refractivity contribution in [3.8, 4) is 11.5 Å². The molecule has 9 aromatic rings. The summed E-state index contributed by atoms with van der Waals surface area (Å²) < 4.78 is 47.0. The molecule has 10 rings (SSSR count). The Bertz CT molecular complexity index is 3840. The first-order chi connectivity index (χ1) is 40.4. The minimum atomic E-state index is -3.52. The molecule has 0 radical (unpaired) electrons. The van der Waals surface area contributed by atoms with Crippen molar-refractivity contribution in [1.29, 1.82) is 0 Å². The van der Waals surface area contributed by atoms with E-state index in [0.717, 1.165) is 81.2 Å². The molecule has 84 heavy (non-hydrogen) atoms. The number of anilines is 2. The highest BCUT2D eigenvalue weighted by atomic mass is 79.9. The van der Waals surface area contributed by atoms with Crippen LogP contribution in [-0.2, 0) is 40.6 Å². The zero-order valence-electron chi connectivity index (χ0n) is 48.5. The van der Waals surface area contributed by atoms with E-state index >= 15 is 0 Å². The van der Waals surface area contributed by atoms with Gasteiger partial charge in [-0.15, -0.1) is 0 Å². The van der Waals surface area contributed by atoms with Gasteiger partial charge in [0.1, 0.15) is 24.7 Å². The number of piperidine rings is 1. The van der Waals surface area contributed by atoms with Gasteiger partial charge in [0, 0.05) is 72.3 Å². The van der Waals surface area contributed by atoms with Crippen molar-refractivity contribution in [3.05, 3.63) is 242 Å². The number of aliphatic hydroxyl groups is 1. The number of rotatable bonds is 22. The molecule has 2 atom stereocenters. The van der Waals surface area contributed by atoms with E-state index in [4.69, 9.17) is 13.9 Å². The van der Waals surface area contributed by atoms with Gasteiger partial charge in [0.2, 0.25) is 21.1 Å². The molecule has 0 spiro atoms. The van der Waals surface area contributed by atoms with Crippen molar-refractivity contribution >= 4 is 67.5 Å². The third kappa shape index (κ3) is 16.0. The van der Waals surface area contributed by atoms with Gasteiger partial charge in [-0.1, -0.05) is 164 Å². The second kappa shape index (κ2) is 28.2. The summed E-state index contributed by atoms with van der Waals surface area (Å²) in [6.45, 7) is 14.9. The highest BCUT2D eigenvalue weighted by Crippen LogP contribution is 2.42. The molecule has 4 N–H and O–H groups in total. The van der Waals surface area contributed by atoms with E-state index in [1.807, 2.05) is 121 Å². The van der Waals surface area contributed by atoms with Gasteiger partial charge in [-0.25, -0.2) is 8.42 Å². The molecule has 16 heteroatoms. The predicted octanol–water partition coefficient (Wildman–Crippen LogP) is 14.4. The summed E-state index contributed by atoms with van der Waals surface area (Å²) in [7, 11) is -5.50. The van der Waals surface area contributed by atoms with Crippen LogP contribution in [0, 0.1) is 0 Å². The summed E-state index contributed by atoms with van der Waals surface area (Å²) in [6.07, 6.45) is 2.68. The van der Waals surface area contributed by atoms with Crippen LogP contribution in [0.3, 0.4) is 0 Å². The van der Waals surface area contributed by atoms with Crippen LogP contribution in [0.2, 0.25) is 18.1 Å². The smallest absolute Gasteiger partial charge is 0.248 e. The lowest BCUT2D eigenvalue weighted by molar-refractivity contribution is 0.110. The Labute approximate surface area is 503 Å². The maximum Gasteiger partial charge on any atom is 0.248 e. The SMILES string of the molecule is CC(C)(C)[Si](C)(C)O[C@H](CBr)c1ccc(OCc2ccccc2)c2[nH]c(=O)ccc12.O=c1ccc2c([C@@H](O)CN(CCc3ccc(Nc4cccc(S(=O)(=O)N5CCCCC5)c4)cc3)Cc3ccccc3)ccc(OCc3ccccc3)c2[nH]1. The number of ether oxygens (including phenoxy) is 2. The third-order valence-corrected chi connectivity index (χ3v) is 22.7. The van der Waals surface area contributed by atoms with Crippen LogP contribution in [0.25, 0.3) is 21.8 Å². The number of pyridine rings is 2. The number of aliphatic hydroxyl groups excluding tert-OH is 1. The van der Waals surface area contributed by atoms with Gasteiger partial charge in [-0.2, -0.15) is 4.31 Å². The van der Waals surface area contributed by atoms with Crippen LogP contribution in [0.4, 0.5) is 11.4 Å². The average Bonchev–Trinajstić information content (AvgIpc) is 1.83. The fraction of sp³-hybridized carbons (Fsp3) is 0.294. The summed E-state index contributed by atoms with van der Waals surface area (Å²) in [5.74, 6) is 1.22. The standard InChI is InChI=1S/C44H46N4O5S.C24H30BrNO3Si/c49-41(39-21-23-42(44-40(39)22-24-43(50)46-44)53-32-35-13-6-2-7-14-35)31-47(30-34-11-4-1-5-12-34)28-25-33-17-19-36(20-18-33)45-37-15-10-16-38(29-37)54(51,52)48-26-8-3-9-27-48;1-24(2,3)30(4,5)29-21(15-25)18-11-13-20(23-19(18)12-14-22(27)26-23)28-16-17-9-7-6-8-10-17/h1-2,4-7,10-24,29,41,45,49H,3,8-9,25-28,30-32H2,(H,46,50);6-14,21H,15-16H2,1-5H3,(H,26,27)/t41-;21-/m01/s1. The van der Waals surface area contributed by atoms with Crippen LogP contribution >= 0.6 is 15.9 Å². The number of hydrogen-bond donors (Lipinski definition) is 4. The number of nitrogens with one attached hydrogen (secondary N) is 3. The van der Waals surface area contributed by atoms with Crippen molar-refractivity contribution in [1.82, 2.24) is 19.2 Å². The molecular weight excluding hydrogens is 1150 g/mol. The molecule has 0 saturated carbocycles. The van der Waals surface area contributed by atoms with E-state index in [0.29, 0.717) is 78.7 Å². The van der Waals surface area contributed by atoms with Crippen LogP contribution in [0.1, 0.15) is 85.6 Å². The average molecular weight is 1230 g/mol. The summed E-state index contributed by atoms with van der Waals surface area (Å²) in [5, 5.41) is 17.6. The largest absolute Gasteiger partial charge is 0.487 e. The molecule has 7 aromatic carbocycles. The van der Waals surface area contributed by atoms with Gasteiger partial charge in [-0.05, 0) is 125 Å². The quantitative estimate of drug-likeness (QED) is 0.0379. The molecule has 1 fully saturated rings. The number of hydrogen-bond acceptors (Lipinski definition) is 10. The van der Waals surface area contributed by atoms with Crippen LogP contribution in [0.15, 0.2) is 203 Å². The zero-order chi connectivity index (χ0) is 59.3. The van der Waals surface area contributed by atoms with Crippen molar-refractivity contribution in [2.24, 2.45) is 0 Å². The minimum absolute atomic E-state index is 0.107. The van der Waals surface area contributed by atoms with Crippen molar-refractivity contribution in [2.45, 2.75) is 101 Å². The Hall–Kier alpha value is -7.15. The number of alkyl halides is 1. The van der Waals surface area contributed by atoms with Crippen LogP contribution in [-0.4, -0.2) is 72.5 Å². The molecule has 1 saturated heterocycles. The van der Waals surface area contributed by atoms with Crippen LogP contribution in [0.5, 0.6) is 11.5 Å². The lowest BCUT2D eigenvalue weighted by Crippen LogP contribution is -2.42. The molecule has 0 unspecified atom stereocenters. The van der Waals surface area contributed by atoms with E-state index in [9.17, 15) is 23.1 Å². The maximum atomic E-state index is 13.2. The molecule has 3 heterocycles. The summed E-state index contributed by atoms with van der Waals surface area (Å²) in [4.78, 5) is 32.9. The van der Waals surface area contributed by atoms with E-state index in [2.05, 4.69) is 100 Å². The molecular formula is C68H76BrN5O8SSi. The second-order valence-electron chi connectivity index (χ2n) is 22.9. The Balaban J connectivity index is 0.000000239. The van der Waals surface area contributed by atoms with Crippen molar-refractivity contribution in [2.75, 3.05) is 36.8 Å². The van der Waals surface area contributed by atoms with E-state index in [1.165, 1.54) is 6.07 Å². The third-order valence-electron chi connectivity index (χ3n) is 15.8. The number of aromatic amines is 2. The molecule has 1 aliphatic heterocycles. The van der Waals surface area contributed by atoms with E-state index in [-0.39, 0.29) is 22.3 Å². The number of benzene rings is 7. The fourth-order valence-corrected chi connectivity index (χ4v) is 13.7. The lowest BCUT2D eigenvalue weighted by Gasteiger charge is -2.39. The first-order valence-corrected chi connectivity index (χ1v) is 34.2. The minimum Gasteiger partial charge on any atom is -0.487 e. The molecule has 13 nitrogen and oxygen atoms in total.